The van der Waals surface area contributed by atoms with Crippen molar-refractivity contribution in [2.45, 2.75) is 32.1 Å². The first-order valence-corrected chi connectivity index (χ1v) is 10.5. The van der Waals surface area contributed by atoms with Crippen molar-refractivity contribution in [2.75, 3.05) is 30.3 Å². The SMILES string of the molecule is CCCN1CCC(c2n[nH]c3ccc(NC(=S)Nc4ccccc4)cc23)CC1. The molecule has 1 aliphatic rings. The second-order valence-electron chi connectivity index (χ2n) is 7.43. The predicted octanol–water partition coefficient (Wildman–Crippen LogP) is 4.96. The maximum atomic E-state index is 5.46. The molecule has 0 aliphatic carbocycles. The van der Waals surface area contributed by atoms with Gasteiger partial charge in [0.1, 0.15) is 0 Å². The summed E-state index contributed by atoms with van der Waals surface area (Å²) in [4.78, 5) is 2.56. The number of aromatic nitrogens is 2. The van der Waals surface area contributed by atoms with E-state index in [0.717, 1.165) is 30.0 Å². The third kappa shape index (κ3) is 4.34. The number of likely N-dealkylation sites (tertiary alicyclic amines) is 1. The van der Waals surface area contributed by atoms with Crippen LogP contribution in [-0.2, 0) is 0 Å². The van der Waals surface area contributed by atoms with Crippen LogP contribution in [0.3, 0.4) is 0 Å². The fourth-order valence-electron chi connectivity index (χ4n) is 3.98. The molecular formula is C22H27N5S. The van der Waals surface area contributed by atoms with Gasteiger partial charge < -0.3 is 15.5 Å². The van der Waals surface area contributed by atoms with Crippen LogP contribution < -0.4 is 10.6 Å². The minimum atomic E-state index is 0.520. The van der Waals surface area contributed by atoms with E-state index in [9.17, 15) is 0 Å². The van der Waals surface area contributed by atoms with Crippen LogP contribution in [0, 0.1) is 0 Å². The number of nitrogens with zero attached hydrogens (tertiary/aromatic N) is 2. The van der Waals surface area contributed by atoms with Crippen LogP contribution in [0.2, 0.25) is 0 Å². The fourth-order valence-corrected chi connectivity index (χ4v) is 4.22. The van der Waals surface area contributed by atoms with Crippen LogP contribution in [0.5, 0.6) is 0 Å². The minimum absolute atomic E-state index is 0.520. The van der Waals surface area contributed by atoms with Crippen LogP contribution in [0.4, 0.5) is 11.4 Å². The lowest BCUT2D eigenvalue weighted by atomic mass is 9.91. The molecule has 2 aromatic carbocycles. The zero-order valence-electron chi connectivity index (χ0n) is 16.2. The lowest BCUT2D eigenvalue weighted by Gasteiger charge is -2.31. The summed E-state index contributed by atoms with van der Waals surface area (Å²) in [5.74, 6) is 0.520. The molecule has 6 heteroatoms. The number of aromatic amines is 1. The average molecular weight is 394 g/mol. The van der Waals surface area contributed by atoms with Gasteiger partial charge in [0.05, 0.1) is 11.2 Å². The number of H-pyrrole nitrogens is 1. The van der Waals surface area contributed by atoms with Gasteiger partial charge in [-0.15, -0.1) is 0 Å². The maximum Gasteiger partial charge on any atom is 0.175 e. The van der Waals surface area contributed by atoms with Crippen LogP contribution >= 0.6 is 12.2 Å². The number of hydrogen-bond donors (Lipinski definition) is 3. The van der Waals surface area contributed by atoms with E-state index in [0.29, 0.717) is 11.0 Å². The first kappa shape index (κ1) is 18.9. The van der Waals surface area contributed by atoms with Crippen molar-refractivity contribution in [3.63, 3.8) is 0 Å². The van der Waals surface area contributed by atoms with E-state index in [1.54, 1.807) is 0 Å². The number of nitrogens with one attached hydrogen (secondary N) is 3. The molecule has 2 heterocycles. The van der Waals surface area contributed by atoms with E-state index >= 15 is 0 Å². The molecule has 1 aliphatic heterocycles. The molecule has 0 atom stereocenters. The van der Waals surface area contributed by atoms with E-state index in [2.05, 4.69) is 44.8 Å². The molecule has 28 heavy (non-hydrogen) atoms. The highest BCUT2D eigenvalue weighted by atomic mass is 32.1. The Morgan fingerprint density at radius 1 is 1.11 bits per heavy atom. The molecule has 0 bridgehead atoms. The summed E-state index contributed by atoms with van der Waals surface area (Å²) < 4.78 is 0. The molecule has 146 valence electrons. The number of anilines is 2. The number of hydrogen-bond acceptors (Lipinski definition) is 3. The third-order valence-corrected chi connectivity index (χ3v) is 5.60. The van der Waals surface area contributed by atoms with Gasteiger partial charge in [-0.1, -0.05) is 25.1 Å². The first-order valence-electron chi connectivity index (χ1n) is 10.1. The zero-order valence-corrected chi connectivity index (χ0v) is 17.1. The van der Waals surface area contributed by atoms with Gasteiger partial charge in [-0.05, 0) is 81.4 Å². The van der Waals surface area contributed by atoms with Crippen molar-refractivity contribution < 1.29 is 0 Å². The molecule has 0 amide bonds. The number of para-hydroxylation sites is 1. The summed E-state index contributed by atoms with van der Waals surface area (Å²) >= 11 is 5.46. The average Bonchev–Trinajstić information content (AvgIpc) is 3.13. The molecular weight excluding hydrogens is 366 g/mol. The van der Waals surface area contributed by atoms with Crippen molar-refractivity contribution in [1.29, 1.82) is 0 Å². The van der Waals surface area contributed by atoms with Gasteiger partial charge in [0.15, 0.2) is 5.11 Å². The summed E-state index contributed by atoms with van der Waals surface area (Å²) in [6.45, 7) is 5.78. The van der Waals surface area contributed by atoms with Crippen LogP contribution in [0.15, 0.2) is 48.5 Å². The Bertz CT molecular complexity index is 929. The molecule has 3 aromatic rings. The molecule has 0 saturated carbocycles. The molecule has 1 fully saturated rings. The smallest absolute Gasteiger partial charge is 0.175 e. The lowest BCUT2D eigenvalue weighted by Crippen LogP contribution is -2.33. The summed E-state index contributed by atoms with van der Waals surface area (Å²) in [5.41, 5.74) is 4.23. The molecule has 3 N–H and O–H groups in total. The van der Waals surface area contributed by atoms with E-state index in [-0.39, 0.29) is 0 Å². The van der Waals surface area contributed by atoms with Crippen molar-refractivity contribution >= 4 is 39.6 Å². The van der Waals surface area contributed by atoms with Crippen molar-refractivity contribution in [3.05, 3.63) is 54.2 Å². The molecule has 0 unspecified atom stereocenters. The Morgan fingerprint density at radius 2 is 1.86 bits per heavy atom. The molecule has 0 radical (unpaired) electrons. The highest BCUT2D eigenvalue weighted by Gasteiger charge is 2.23. The fraction of sp³-hybridized carbons (Fsp3) is 0.364. The predicted molar refractivity (Wildman–Crippen MR) is 121 cm³/mol. The molecule has 5 nitrogen and oxygen atoms in total. The van der Waals surface area contributed by atoms with Gasteiger partial charge in [0.2, 0.25) is 0 Å². The Balaban J connectivity index is 1.46. The van der Waals surface area contributed by atoms with Crippen molar-refractivity contribution in [1.82, 2.24) is 15.1 Å². The van der Waals surface area contributed by atoms with E-state index in [1.165, 1.54) is 36.9 Å². The van der Waals surface area contributed by atoms with Gasteiger partial charge in [-0.2, -0.15) is 5.10 Å². The number of thiocarbonyl (C=S) groups is 1. The van der Waals surface area contributed by atoms with Gasteiger partial charge in [-0.3, -0.25) is 5.10 Å². The first-order chi connectivity index (χ1) is 13.7. The lowest BCUT2D eigenvalue weighted by molar-refractivity contribution is 0.211. The topological polar surface area (TPSA) is 56.0 Å². The highest BCUT2D eigenvalue weighted by molar-refractivity contribution is 7.80. The second kappa shape index (κ2) is 8.71. The summed E-state index contributed by atoms with van der Waals surface area (Å²) in [6.07, 6.45) is 3.57. The highest BCUT2D eigenvalue weighted by Crippen LogP contribution is 2.32. The Hall–Kier alpha value is -2.44. The number of piperidine rings is 1. The standard InChI is InChI=1S/C22H27N5S/c1-2-12-27-13-10-16(11-14-27)21-19-15-18(8-9-20(19)25-26-21)24-22(28)23-17-6-4-3-5-7-17/h3-9,15-16H,2,10-14H2,1H3,(H,25,26)(H2,23,24,28). The third-order valence-electron chi connectivity index (χ3n) is 5.40. The molecule has 1 aromatic heterocycles. The summed E-state index contributed by atoms with van der Waals surface area (Å²) in [7, 11) is 0. The molecule has 1 saturated heterocycles. The largest absolute Gasteiger partial charge is 0.332 e. The monoisotopic (exact) mass is 393 g/mol. The summed E-state index contributed by atoms with van der Waals surface area (Å²) in [6, 6.07) is 16.2. The van der Waals surface area contributed by atoms with Gasteiger partial charge in [0.25, 0.3) is 0 Å². The molecule has 4 rings (SSSR count). The summed E-state index contributed by atoms with van der Waals surface area (Å²) in [5, 5.41) is 16.2. The van der Waals surface area contributed by atoms with Crippen molar-refractivity contribution in [3.8, 4) is 0 Å². The van der Waals surface area contributed by atoms with Gasteiger partial charge in [-0.25, -0.2) is 0 Å². The van der Waals surface area contributed by atoms with E-state index < -0.39 is 0 Å². The van der Waals surface area contributed by atoms with Gasteiger partial charge in [0, 0.05) is 22.7 Å². The normalized spacial score (nSPS) is 15.6. The number of rotatable bonds is 5. The van der Waals surface area contributed by atoms with E-state index in [4.69, 9.17) is 12.2 Å². The number of benzene rings is 2. The van der Waals surface area contributed by atoms with Crippen LogP contribution in [0.1, 0.15) is 37.8 Å². The Kier molecular flexibility index (Phi) is 5.88. The van der Waals surface area contributed by atoms with E-state index in [1.807, 2.05) is 36.4 Å². The Morgan fingerprint density at radius 3 is 2.61 bits per heavy atom. The second-order valence-corrected chi connectivity index (χ2v) is 7.84. The Labute approximate surface area is 171 Å². The van der Waals surface area contributed by atoms with Crippen molar-refractivity contribution in [2.24, 2.45) is 0 Å². The number of fused-ring (bicyclic) bond motifs is 1. The van der Waals surface area contributed by atoms with Crippen LogP contribution in [-0.4, -0.2) is 39.8 Å². The quantitative estimate of drug-likeness (QED) is 0.535. The van der Waals surface area contributed by atoms with Gasteiger partial charge >= 0.3 is 0 Å². The zero-order chi connectivity index (χ0) is 19.3. The van der Waals surface area contributed by atoms with Crippen LogP contribution in [0.25, 0.3) is 10.9 Å². The minimum Gasteiger partial charge on any atom is -0.332 e. The maximum absolute atomic E-state index is 5.46. The molecule has 0 spiro atoms.